The van der Waals surface area contributed by atoms with Crippen LogP contribution in [0.3, 0.4) is 0 Å². The van der Waals surface area contributed by atoms with E-state index in [1.165, 1.54) is 5.92 Å². The van der Waals surface area contributed by atoms with Crippen LogP contribution in [0.1, 0.15) is 0 Å². The molecule has 0 rings (SSSR count). The van der Waals surface area contributed by atoms with Gasteiger partial charge in [0.2, 0.25) is 0 Å². The van der Waals surface area contributed by atoms with Crippen LogP contribution in [0.2, 0.25) is 0 Å². The van der Waals surface area contributed by atoms with Crippen LogP contribution >= 0.6 is 0 Å². The van der Waals surface area contributed by atoms with Crippen LogP contribution in [0.5, 0.6) is 0 Å². The van der Waals surface area contributed by atoms with Crippen LogP contribution in [0.25, 0.3) is 0 Å². The van der Waals surface area contributed by atoms with Gasteiger partial charge >= 0.3 is 59.7 Å². The third-order valence-electron chi connectivity index (χ3n) is 3.99. The molecule has 35 heavy (non-hydrogen) atoms. The molecule has 0 aliphatic heterocycles. The summed E-state index contributed by atoms with van der Waals surface area (Å²) in [7, 11) is 0. The maximum atomic E-state index is 13.5. The highest BCUT2D eigenvalue weighted by Gasteiger charge is 2.96. The van der Waals surface area contributed by atoms with Gasteiger partial charge < -0.3 is 4.74 Å². The highest BCUT2D eigenvalue weighted by molar-refractivity contribution is 5.17. The maximum absolute atomic E-state index is 13.5. The highest BCUT2D eigenvalue weighted by atomic mass is 19.4. The van der Waals surface area contributed by atoms with Gasteiger partial charge in [0.05, 0.1) is 0 Å². The number of rotatable bonds is 12. The first-order valence-electron chi connectivity index (χ1n) is 7.70. The first-order valence-corrected chi connectivity index (χ1v) is 7.70. The molecule has 0 N–H and O–H groups in total. The molecule has 0 saturated heterocycles. The Hall–Kier alpha value is -1.88. The lowest BCUT2D eigenvalue weighted by Gasteiger charge is -2.44. The molecule has 0 amide bonds. The van der Waals surface area contributed by atoms with E-state index >= 15 is 0 Å². The Balaban J connectivity index is 6.85. The summed E-state index contributed by atoms with van der Waals surface area (Å²) >= 11 is 0. The monoisotopic (exact) mass is 570 g/mol. The average Bonchev–Trinajstić information content (AvgIpc) is 2.66. The number of hydrogen-bond acceptors (Lipinski definition) is 1. The van der Waals surface area contributed by atoms with E-state index in [0.29, 0.717) is 0 Å². The summed E-state index contributed by atoms with van der Waals surface area (Å²) < 4.78 is 266. The number of terminal acetylenes is 1. The summed E-state index contributed by atoms with van der Waals surface area (Å²) in [5.74, 6) is -73.9. The standard InChI is InChI=1S/C14H6F20O/c1-2-3-35-4-6(17,18)8(21,22)10(25,26)12(29,30)14(33,34)13(31,32)11(27,28)9(23,24)7(19,20)5(15)16/h1,5H,3-4H2. The van der Waals surface area contributed by atoms with Crippen molar-refractivity contribution in [2.24, 2.45) is 0 Å². The van der Waals surface area contributed by atoms with E-state index in [0.717, 1.165) is 0 Å². The lowest BCUT2D eigenvalue weighted by Crippen LogP contribution is -2.76. The van der Waals surface area contributed by atoms with E-state index in [2.05, 4.69) is 11.2 Å². The molecular weight excluding hydrogens is 564 g/mol. The summed E-state index contributed by atoms with van der Waals surface area (Å²) in [5, 5.41) is 0. The van der Waals surface area contributed by atoms with E-state index in [1.807, 2.05) is 0 Å². The fraction of sp³-hybridized carbons (Fsp3) is 0.857. The summed E-state index contributed by atoms with van der Waals surface area (Å²) in [6, 6.07) is 0. The van der Waals surface area contributed by atoms with Crippen LogP contribution < -0.4 is 0 Å². The molecule has 21 heteroatoms. The smallest absolute Gasteiger partial charge is 0.362 e. The van der Waals surface area contributed by atoms with Crippen molar-refractivity contribution in [1.29, 1.82) is 0 Å². The fourth-order valence-electron chi connectivity index (χ4n) is 1.89. The van der Waals surface area contributed by atoms with E-state index in [4.69, 9.17) is 0 Å². The fourth-order valence-corrected chi connectivity index (χ4v) is 1.89. The minimum absolute atomic E-state index is 1.23. The molecule has 0 aromatic rings. The van der Waals surface area contributed by atoms with Gasteiger partial charge in [0.1, 0.15) is 13.2 Å². The molecule has 0 atom stereocenters. The van der Waals surface area contributed by atoms with Crippen molar-refractivity contribution in [1.82, 2.24) is 0 Å². The van der Waals surface area contributed by atoms with Gasteiger partial charge in [-0.25, -0.2) is 8.78 Å². The van der Waals surface area contributed by atoms with Gasteiger partial charge in [-0.2, -0.15) is 79.0 Å². The Morgan fingerprint density at radius 1 is 0.514 bits per heavy atom. The summed E-state index contributed by atoms with van der Waals surface area (Å²) in [5.41, 5.74) is 0. The Bertz CT molecular complexity index is 790. The summed E-state index contributed by atoms with van der Waals surface area (Å²) in [4.78, 5) is 0. The molecule has 0 aliphatic rings. The second kappa shape index (κ2) is 8.90. The molecule has 0 spiro atoms. The van der Waals surface area contributed by atoms with Crippen LogP contribution in [0.4, 0.5) is 87.8 Å². The maximum Gasteiger partial charge on any atom is 0.385 e. The highest BCUT2D eigenvalue weighted by Crippen LogP contribution is 2.65. The quantitative estimate of drug-likeness (QED) is 0.146. The average molecular weight is 570 g/mol. The number of halogens is 20. The van der Waals surface area contributed by atoms with Gasteiger partial charge in [0.15, 0.2) is 0 Å². The largest absolute Gasteiger partial charge is 0.385 e. The molecule has 1 nitrogen and oxygen atoms in total. The van der Waals surface area contributed by atoms with Crippen molar-refractivity contribution in [2.75, 3.05) is 13.2 Å². The second-order valence-corrected chi connectivity index (χ2v) is 6.35. The van der Waals surface area contributed by atoms with Gasteiger partial charge in [-0.15, -0.1) is 6.42 Å². The van der Waals surface area contributed by atoms with Crippen molar-refractivity contribution in [3.8, 4) is 12.3 Å². The lowest BCUT2D eigenvalue weighted by atomic mass is 9.86. The normalized spacial score (nSPS) is 16.0. The molecule has 0 aliphatic carbocycles. The van der Waals surface area contributed by atoms with Crippen molar-refractivity contribution < 1.29 is 92.5 Å². The Kier molecular flexibility index (Phi) is 8.42. The van der Waals surface area contributed by atoms with Crippen molar-refractivity contribution in [2.45, 2.75) is 59.7 Å². The molecule has 0 heterocycles. The lowest BCUT2D eigenvalue weighted by molar-refractivity contribution is -0.465. The third kappa shape index (κ3) is 4.32. The summed E-state index contributed by atoms with van der Waals surface area (Å²) in [6.07, 6.45) is -1.74. The number of alkyl halides is 20. The molecule has 0 radical (unpaired) electrons. The van der Waals surface area contributed by atoms with E-state index in [9.17, 15) is 87.8 Å². The number of ether oxygens (including phenoxy) is 1. The first kappa shape index (κ1) is 33.1. The van der Waals surface area contributed by atoms with Gasteiger partial charge in [-0.05, 0) is 0 Å². The first-order chi connectivity index (χ1) is 15.0. The number of hydrogen-bond donors (Lipinski definition) is 0. The molecule has 208 valence electrons. The van der Waals surface area contributed by atoms with Gasteiger partial charge in [-0.3, -0.25) is 0 Å². The predicted molar refractivity (Wildman–Crippen MR) is 70.2 cm³/mol. The zero-order valence-corrected chi connectivity index (χ0v) is 15.5. The topological polar surface area (TPSA) is 9.23 Å². The van der Waals surface area contributed by atoms with Crippen molar-refractivity contribution >= 4 is 0 Å². The second-order valence-electron chi connectivity index (χ2n) is 6.35. The van der Waals surface area contributed by atoms with Gasteiger partial charge in [-0.1, -0.05) is 5.92 Å². The minimum atomic E-state index is -9.02. The minimum Gasteiger partial charge on any atom is -0.362 e. The molecule has 0 aromatic heterocycles. The van der Waals surface area contributed by atoms with Crippen LogP contribution in [0.15, 0.2) is 0 Å². The SMILES string of the molecule is C#CCOCC(F)(F)C(F)(F)C(F)(F)C(F)(F)C(F)(F)C(F)(F)C(F)(F)C(F)(F)C(F)(F)C(F)F. The Morgan fingerprint density at radius 2 is 0.800 bits per heavy atom. The van der Waals surface area contributed by atoms with Crippen molar-refractivity contribution in [3.63, 3.8) is 0 Å². The molecule has 0 aromatic carbocycles. The van der Waals surface area contributed by atoms with E-state index in [-0.39, 0.29) is 0 Å². The zero-order valence-electron chi connectivity index (χ0n) is 15.5. The van der Waals surface area contributed by atoms with Gasteiger partial charge in [0, 0.05) is 0 Å². The molecule has 0 unspecified atom stereocenters. The van der Waals surface area contributed by atoms with Crippen LogP contribution in [-0.4, -0.2) is 72.9 Å². The van der Waals surface area contributed by atoms with E-state index in [1.54, 1.807) is 0 Å². The van der Waals surface area contributed by atoms with Crippen molar-refractivity contribution in [3.05, 3.63) is 0 Å². The molecule has 0 saturated carbocycles. The van der Waals surface area contributed by atoms with Crippen LogP contribution in [0, 0.1) is 12.3 Å². The third-order valence-corrected chi connectivity index (χ3v) is 3.99. The van der Waals surface area contributed by atoms with Gasteiger partial charge in [0.25, 0.3) is 0 Å². The summed E-state index contributed by atoms with van der Waals surface area (Å²) in [6.45, 7) is -4.58. The predicted octanol–water partition coefficient (Wildman–Crippen LogP) is 6.62. The van der Waals surface area contributed by atoms with Crippen LogP contribution in [-0.2, 0) is 4.74 Å². The van der Waals surface area contributed by atoms with E-state index < -0.39 is 72.9 Å². The molecular formula is C14H6F20O. The zero-order chi connectivity index (χ0) is 28.9. The Labute approximate surface area is 179 Å². The molecule has 0 fully saturated rings. The molecule has 0 bridgehead atoms. The Morgan fingerprint density at radius 3 is 1.09 bits per heavy atom.